The number of ether oxygens (including phenoxy) is 1. The summed E-state index contributed by atoms with van der Waals surface area (Å²) in [6.07, 6.45) is 14.8. The number of rotatable bonds is 8. The molecule has 1 aliphatic rings. The van der Waals surface area contributed by atoms with Gasteiger partial charge in [0.25, 0.3) is 6.47 Å². The molecular formula is C13H22O2. The van der Waals surface area contributed by atoms with Gasteiger partial charge in [0.2, 0.25) is 0 Å². The topological polar surface area (TPSA) is 26.3 Å². The Hall–Kier alpha value is -0.790. The van der Waals surface area contributed by atoms with Crippen molar-refractivity contribution in [3.8, 4) is 0 Å². The first kappa shape index (κ1) is 12.3. The molecule has 0 aromatic carbocycles. The summed E-state index contributed by atoms with van der Waals surface area (Å²) < 4.78 is 4.64. The molecule has 1 aliphatic carbocycles. The monoisotopic (exact) mass is 210 g/mol. The summed E-state index contributed by atoms with van der Waals surface area (Å²) in [5.74, 6) is 0.932. The maximum absolute atomic E-state index is 9.87. The van der Waals surface area contributed by atoms with Gasteiger partial charge in [-0.15, -0.1) is 0 Å². The lowest BCUT2D eigenvalue weighted by Crippen LogP contribution is -2.02. The average molecular weight is 210 g/mol. The highest BCUT2D eigenvalue weighted by Gasteiger charge is 2.08. The van der Waals surface area contributed by atoms with Gasteiger partial charge < -0.3 is 4.74 Å². The summed E-state index contributed by atoms with van der Waals surface area (Å²) in [6, 6.07) is 0. The first-order chi connectivity index (χ1) is 7.43. The number of hydrogen-bond donors (Lipinski definition) is 0. The van der Waals surface area contributed by atoms with Crippen LogP contribution in [0, 0.1) is 5.92 Å². The number of allylic oxidation sites excluding steroid dienone is 2. The third kappa shape index (κ3) is 6.32. The van der Waals surface area contributed by atoms with E-state index in [1.165, 1.54) is 44.9 Å². The van der Waals surface area contributed by atoms with Crippen LogP contribution >= 0.6 is 0 Å². The maximum atomic E-state index is 9.87. The van der Waals surface area contributed by atoms with Crippen molar-refractivity contribution in [2.24, 2.45) is 5.92 Å². The fourth-order valence-corrected chi connectivity index (χ4v) is 2.14. The lowest BCUT2D eigenvalue weighted by molar-refractivity contribution is -0.128. The van der Waals surface area contributed by atoms with Gasteiger partial charge in [0, 0.05) is 0 Å². The van der Waals surface area contributed by atoms with E-state index in [0.717, 1.165) is 12.3 Å². The Bertz CT molecular complexity index is 187. The Morgan fingerprint density at radius 2 is 2.07 bits per heavy atom. The minimum atomic E-state index is 0.536. The molecule has 1 unspecified atom stereocenters. The number of carbonyl (C=O) groups excluding carboxylic acids is 1. The van der Waals surface area contributed by atoms with Crippen LogP contribution in [0.15, 0.2) is 12.2 Å². The third-order valence-electron chi connectivity index (χ3n) is 3.07. The number of unbranched alkanes of at least 4 members (excludes halogenated alkanes) is 3. The van der Waals surface area contributed by atoms with Gasteiger partial charge in [-0.3, -0.25) is 4.79 Å². The predicted octanol–water partition coefficient (Wildman–Crippen LogP) is 3.47. The standard InChI is InChI=1S/C13H22O2/c14-12-15-11-7-2-1-4-8-13-9-5-3-6-10-13/h3,5,12-13H,1-2,4,6-11H2. The van der Waals surface area contributed by atoms with Gasteiger partial charge in [-0.2, -0.15) is 0 Å². The molecule has 0 aromatic rings. The lowest BCUT2D eigenvalue weighted by Gasteiger charge is -2.17. The SMILES string of the molecule is O=COCCCCCCC1CC=CCC1. The van der Waals surface area contributed by atoms with Crippen molar-refractivity contribution < 1.29 is 9.53 Å². The molecule has 1 atom stereocenters. The van der Waals surface area contributed by atoms with Crippen molar-refractivity contribution in [3.05, 3.63) is 12.2 Å². The van der Waals surface area contributed by atoms with Crippen LogP contribution in [-0.4, -0.2) is 13.1 Å². The Morgan fingerprint density at radius 3 is 2.80 bits per heavy atom. The molecule has 0 spiro atoms. The van der Waals surface area contributed by atoms with Crippen LogP contribution in [0.4, 0.5) is 0 Å². The van der Waals surface area contributed by atoms with E-state index in [0.29, 0.717) is 13.1 Å². The second-order valence-electron chi connectivity index (χ2n) is 4.32. The van der Waals surface area contributed by atoms with E-state index in [-0.39, 0.29) is 0 Å². The lowest BCUT2D eigenvalue weighted by atomic mass is 9.89. The molecule has 0 fully saturated rings. The fourth-order valence-electron chi connectivity index (χ4n) is 2.14. The largest absolute Gasteiger partial charge is 0.468 e. The highest BCUT2D eigenvalue weighted by molar-refractivity contribution is 5.36. The molecular weight excluding hydrogens is 188 g/mol. The smallest absolute Gasteiger partial charge is 0.293 e. The summed E-state index contributed by atoms with van der Waals surface area (Å²) in [5, 5.41) is 0. The Kier molecular flexibility index (Phi) is 6.97. The molecule has 0 aromatic heterocycles. The molecule has 0 bridgehead atoms. The molecule has 0 saturated carbocycles. The van der Waals surface area contributed by atoms with E-state index in [1.807, 2.05) is 0 Å². The third-order valence-corrected chi connectivity index (χ3v) is 3.07. The summed E-state index contributed by atoms with van der Waals surface area (Å²) in [6.45, 7) is 1.13. The van der Waals surface area contributed by atoms with E-state index in [9.17, 15) is 4.79 Å². The van der Waals surface area contributed by atoms with E-state index < -0.39 is 0 Å². The number of carbonyl (C=O) groups is 1. The van der Waals surface area contributed by atoms with Crippen molar-refractivity contribution in [3.63, 3.8) is 0 Å². The Labute approximate surface area is 92.7 Å². The van der Waals surface area contributed by atoms with Gasteiger partial charge >= 0.3 is 0 Å². The molecule has 2 nitrogen and oxygen atoms in total. The zero-order valence-corrected chi connectivity index (χ0v) is 9.49. The Balaban J connectivity index is 1.84. The number of hydrogen-bond acceptors (Lipinski definition) is 2. The molecule has 0 aliphatic heterocycles. The van der Waals surface area contributed by atoms with Crippen LogP contribution in [0.2, 0.25) is 0 Å². The molecule has 0 heterocycles. The Morgan fingerprint density at radius 1 is 1.20 bits per heavy atom. The van der Waals surface area contributed by atoms with E-state index >= 15 is 0 Å². The van der Waals surface area contributed by atoms with Gasteiger partial charge in [-0.05, 0) is 31.6 Å². The van der Waals surface area contributed by atoms with Gasteiger partial charge in [0.15, 0.2) is 0 Å². The van der Waals surface area contributed by atoms with Gasteiger partial charge in [-0.1, -0.05) is 37.8 Å². The second-order valence-corrected chi connectivity index (χ2v) is 4.32. The predicted molar refractivity (Wildman–Crippen MR) is 61.6 cm³/mol. The molecule has 2 heteroatoms. The van der Waals surface area contributed by atoms with Crippen molar-refractivity contribution in [1.82, 2.24) is 0 Å². The van der Waals surface area contributed by atoms with Crippen LogP contribution in [0.25, 0.3) is 0 Å². The van der Waals surface area contributed by atoms with Crippen LogP contribution < -0.4 is 0 Å². The summed E-state index contributed by atoms with van der Waals surface area (Å²) in [4.78, 5) is 9.87. The first-order valence-electron chi connectivity index (χ1n) is 6.13. The summed E-state index contributed by atoms with van der Waals surface area (Å²) >= 11 is 0. The van der Waals surface area contributed by atoms with Crippen LogP contribution in [-0.2, 0) is 9.53 Å². The van der Waals surface area contributed by atoms with E-state index in [2.05, 4.69) is 16.9 Å². The molecule has 0 saturated heterocycles. The quantitative estimate of drug-likeness (QED) is 0.348. The molecule has 0 amide bonds. The van der Waals surface area contributed by atoms with Gasteiger partial charge in [0.1, 0.15) is 0 Å². The van der Waals surface area contributed by atoms with Crippen LogP contribution in [0.3, 0.4) is 0 Å². The van der Waals surface area contributed by atoms with Crippen molar-refractivity contribution >= 4 is 6.47 Å². The first-order valence-corrected chi connectivity index (χ1v) is 6.13. The zero-order chi connectivity index (χ0) is 10.8. The molecule has 15 heavy (non-hydrogen) atoms. The highest BCUT2D eigenvalue weighted by atomic mass is 16.5. The molecule has 1 rings (SSSR count). The van der Waals surface area contributed by atoms with Crippen molar-refractivity contribution in [2.45, 2.75) is 51.4 Å². The van der Waals surface area contributed by atoms with Crippen molar-refractivity contribution in [1.29, 1.82) is 0 Å². The molecule has 0 radical (unpaired) electrons. The summed E-state index contributed by atoms with van der Waals surface area (Å²) in [7, 11) is 0. The average Bonchev–Trinajstić information content (AvgIpc) is 2.29. The maximum Gasteiger partial charge on any atom is 0.293 e. The highest BCUT2D eigenvalue weighted by Crippen LogP contribution is 2.23. The minimum Gasteiger partial charge on any atom is -0.468 e. The van der Waals surface area contributed by atoms with Gasteiger partial charge in [-0.25, -0.2) is 0 Å². The van der Waals surface area contributed by atoms with E-state index in [4.69, 9.17) is 0 Å². The molecule has 86 valence electrons. The second kappa shape index (κ2) is 8.51. The minimum absolute atomic E-state index is 0.536. The molecule has 0 N–H and O–H groups in total. The zero-order valence-electron chi connectivity index (χ0n) is 9.49. The fraction of sp³-hybridized carbons (Fsp3) is 0.769. The van der Waals surface area contributed by atoms with Gasteiger partial charge in [0.05, 0.1) is 6.61 Å². The normalized spacial score (nSPS) is 20.1. The summed E-state index contributed by atoms with van der Waals surface area (Å²) in [5.41, 5.74) is 0. The van der Waals surface area contributed by atoms with Crippen LogP contribution in [0.1, 0.15) is 51.4 Å². The van der Waals surface area contributed by atoms with Crippen molar-refractivity contribution in [2.75, 3.05) is 6.61 Å². The van der Waals surface area contributed by atoms with E-state index in [1.54, 1.807) is 0 Å². The van der Waals surface area contributed by atoms with Crippen LogP contribution in [0.5, 0.6) is 0 Å².